The third-order valence-corrected chi connectivity index (χ3v) is 7.47. The highest BCUT2D eigenvalue weighted by molar-refractivity contribution is 7.88. The first kappa shape index (κ1) is 22.2. The minimum Gasteiger partial charge on any atom is -0.383 e. The minimum atomic E-state index is -3.12. The van der Waals surface area contributed by atoms with E-state index >= 15 is 0 Å². The number of benzene rings is 1. The Morgan fingerprint density at radius 3 is 2.55 bits per heavy atom. The number of methoxy groups -OCH3 is 1. The van der Waals surface area contributed by atoms with Crippen LogP contribution < -0.4 is 10.2 Å². The fourth-order valence-corrected chi connectivity index (χ4v) is 5.19. The van der Waals surface area contributed by atoms with Crippen LogP contribution in [0.4, 0.5) is 11.6 Å². The van der Waals surface area contributed by atoms with Gasteiger partial charge in [-0.25, -0.2) is 22.7 Å². The summed E-state index contributed by atoms with van der Waals surface area (Å²) in [5, 5.41) is 4.45. The van der Waals surface area contributed by atoms with Crippen molar-refractivity contribution >= 4 is 32.6 Å². The van der Waals surface area contributed by atoms with Crippen molar-refractivity contribution in [3.8, 4) is 0 Å². The Bertz CT molecular complexity index is 986. The molecule has 2 saturated heterocycles. The average molecular weight is 449 g/mol. The number of piperidine rings is 1. The molecule has 1 N–H and O–H groups in total. The van der Waals surface area contributed by atoms with E-state index in [2.05, 4.69) is 32.2 Å². The second-order valence-corrected chi connectivity index (χ2v) is 10.3. The first-order valence-electron chi connectivity index (χ1n) is 10.9. The monoisotopic (exact) mass is 448 g/mol. The minimum absolute atomic E-state index is 0.173. The highest BCUT2D eigenvalue weighted by atomic mass is 32.2. The molecule has 170 valence electrons. The van der Waals surface area contributed by atoms with Crippen LogP contribution in [0, 0.1) is 0 Å². The molecule has 2 aliphatic rings. The van der Waals surface area contributed by atoms with Gasteiger partial charge in [-0.05, 0) is 18.9 Å². The fourth-order valence-electron chi connectivity index (χ4n) is 4.31. The molecule has 1 aromatic heterocycles. The van der Waals surface area contributed by atoms with Gasteiger partial charge in [0.1, 0.15) is 0 Å². The average Bonchev–Trinajstić information content (AvgIpc) is 2.77. The van der Waals surface area contributed by atoms with Crippen molar-refractivity contribution in [2.75, 3.05) is 76.0 Å². The van der Waals surface area contributed by atoms with E-state index < -0.39 is 10.0 Å². The fraction of sp³-hybridized carbons (Fsp3) is 0.619. The number of anilines is 2. The smallest absolute Gasteiger partial charge is 0.223 e. The number of piperazine rings is 1. The molecule has 2 aliphatic heterocycles. The molecular weight excluding hydrogens is 416 g/mol. The highest BCUT2D eigenvalue weighted by Gasteiger charge is 2.25. The molecule has 0 aliphatic carbocycles. The molecule has 9 nitrogen and oxygen atoms in total. The summed E-state index contributed by atoms with van der Waals surface area (Å²) in [4.78, 5) is 14.2. The van der Waals surface area contributed by atoms with Crippen LogP contribution in [0.25, 0.3) is 10.9 Å². The van der Waals surface area contributed by atoms with E-state index in [4.69, 9.17) is 9.72 Å². The zero-order chi connectivity index (χ0) is 21.8. The number of ether oxygens (including phenoxy) is 1. The SMILES string of the molecule is COCCN1CCN(c2cccc3cnc(NC4CCN(S(C)(=O)=O)CC4)nc23)CC1. The number of rotatable bonds is 7. The third kappa shape index (κ3) is 5.43. The van der Waals surface area contributed by atoms with E-state index in [0.717, 1.165) is 68.8 Å². The molecule has 3 heterocycles. The molecule has 31 heavy (non-hydrogen) atoms. The topological polar surface area (TPSA) is 90.9 Å². The maximum absolute atomic E-state index is 11.7. The Morgan fingerprint density at radius 1 is 1.13 bits per heavy atom. The van der Waals surface area contributed by atoms with Crippen LogP contribution in [0.5, 0.6) is 0 Å². The van der Waals surface area contributed by atoms with Crippen molar-refractivity contribution < 1.29 is 13.2 Å². The first-order chi connectivity index (χ1) is 14.9. The van der Waals surface area contributed by atoms with Crippen molar-refractivity contribution in [1.82, 2.24) is 19.2 Å². The van der Waals surface area contributed by atoms with Crippen molar-refractivity contribution in [2.24, 2.45) is 0 Å². The molecule has 0 unspecified atom stereocenters. The summed E-state index contributed by atoms with van der Waals surface area (Å²) in [6.45, 7) is 6.72. The van der Waals surface area contributed by atoms with Gasteiger partial charge in [-0.1, -0.05) is 12.1 Å². The van der Waals surface area contributed by atoms with E-state index in [1.165, 1.54) is 10.6 Å². The number of sulfonamides is 1. The number of hydrogen-bond donors (Lipinski definition) is 1. The van der Waals surface area contributed by atoms with Gasteiger partial charge in [0.05, 0.1) is 24.1 Å². The van der Waals surface area contributed by atoms with Gasteiger partial charge >= 0.3 is 0 Å². The molecule has 0 saturated carbocycles. The molecule has 10 heteroatoms. The quantitative estimate of drug-likeness (QED) is 0.677. The van der Waals surface area contributed by atoms with Crippen molar-refractivity contribution in [2.45, 2.75) is 18.9 Å². The lowest BCUT2D eigenvalue weighted by Crippen LogP contribution is -2.47. The summed E-state index contributed by atoms with van der Waals surface area (Å²) in [6, 6.07) is 6.41. The summed E-state index contributed by atoms with van der Waals surface area (Å²) in [6.07, 6.45) is 4.64. The van der Waals surface area contributed by atoms with Crippen LogP contribution in [0.1, 0.15) is 12.8 Å². The lowest BCUT2D eigenvalue weighted by molar-refractivity contribution is 0.144. The molecule has 0 bridgehead atoms. The van der Waals surface area contributed by atoms with Crippen molar-refractivity contribution in [3.05, 3.63) is 24.4 Å². The van der Waals surface area contributed by atoms with Crippen LogP contribution in [0.2, 0.25) is 0 Å². The number of para-hydroxylation sites is 1. The van der Waals surface area contributed by atoms with E-state index in [0.29, 0.717) is 19.0 Å². The summed E-state index contributed by atoms with van der Waals surface area (Å²) < 4.78 is 30.2. The maximum atomic E-state index is 11.7. The van der Waals surface area contributed by atoms with Crippen LogP contribution in [-0.2, 0) is 14.8 Å². The summed E-state index contributed by atoms with van der Waals surface area (Å²) in [7, 11) is -1.38. The van der Waals surface area contributed by atoms with Gasteiger partial charge < -0.3 is 15.0 Å². The van der Waals surface area contributed by atoms with Crippen LogP contribution in [0.3, 0.4) is 0 Å². The van der Waals surface area contributed by atoms with Crippen LogP contribution in [-0.4, -0.2) is 99.4 Å². The van der Waals surface area contributed by atoms with Gasteiger partial charge in [0, 0.05) is 70.5 Å². The number of nitrogens with zero attached hydrogens (tertiary/aromatic N) is 5. The van der Waals surface area contributed by atoms with E-state index in [-0.39, 0.29) is 6.04 Å². The molecule has 2 fully saturated rings. The summed E-state index contributed by atoms with van der Waals surface area (Å²) in [5.41, 5.74) is 2.10. The molecule has 0 amide bonds. The molecule has 0 radical (unpaired) electrons. The number of nitrogens with one attached hydrogen (secondary N) is 1. The highest BCUT2D eigenvalue weighted by Crippen LogP contribution is 2.27. The lowest BCUT2D eigenvalue weighted by Gasteiger charge is -2.36. The summed E-state index contributed by atoms with van der Waals surface area (Å²) >= 11 is 0. The van der Waals surface area contributed by atoms with Crippen LogP contribution >= 0.6 is 0 Å². The Morgan fingerprint density at radius 2 is 1.87 bits per heavy atom. The molecule has 1 aromatic carbocycles. The van der Waals surface area contributed by atoms with Crippen LogP contribution in [0.15, 0.2) is 24.4 Å². The largest absolute Gasteiger partial charge is 0.383 e. The number of aromatic nitrogens is 2. The van der Waals surface area contributed by atoms with E-state index in [1.807, 2.05) is 12.3 Å². The molecule has 2 aromatic rings. The van der Waals surface area contributed by atoms with Gasteiger partial charge in [0.15, 0.2) is 0 Å². The lowest BCUT2D eigenvalue weighted by atomic mass is 10.1. The Balaban J connectivity index is 1.44. The molecule has 0 atom stereocenters. The number of fused-ring (bicyclic) bond motifs is 1. The van der Waals surface area contributed by atoms with E-state index in [1.54, 1.807) is 7.11 Å². The van der Waals surface area contributed by atoms with Gasteiger partial charge in [-0.3, -0.25) is 4.90 Å². The normalized spacial score (nSPS) is 19.7. The second-order valence-electron chi connectivity index (χ2n) is 8.31. The van der Waals surface area contributed by atoms with Crippen molar-refractivity contribution in [1.29, 1.82) is 0 Å². The second kappa shape index (κ2) is 9.64. The summed E-state index contributed by atoms with van der Waals surface area (Å²) in [5.74, 6) is 0.608. The van der Waals surface area contributed by atoms with Gasteiger partial charge in [0.25, 0.3) is 0 Å². The van der Waals surface area contributed by atoms with E-state index in [9.17, 15) is 8.42 Å². The Kier molecular flexibility index (Phi) is 6.90. The zero-order valence-corrected chi connectivity index (χ0v) is 19.1. The Hall–Kier alpha value is -2.01. The maximum Gasteiger partial charge on any atom is 0.223 e. The Labute approximate surface area is 184 Å². The standard InChI is InChI=1S/C21H32N6O3S/c1-30-15-14-25-10-12-26(13-11-25)19-5-3-4-17-16-22-21(24-20(17)19)23-18-6-8-27(9-7-18)31(2,28)29/h3-5,16,18H,6-15H2,1-2H3,(H,22,23,24). The van der Waals surface area contributed by atoms with Gasteiger partial charge in [-0.2, -0.15) is 0 Å². The molecule has 4 rings (SSSR count). The van der Waals surface area contributed by atoms with Crippen molar-refractivity contribution in [3.63, 3.8) is 0 Å². The molecule has 0 spiro atoms. The van der Waals surface area contributed by atoms with Gasteiger partial charge in [-0.15, -0.1) is 0 Å². The predicted octanol–water partition coefficient (Wildman–Crippen LogP) is 1.23. The first-order valence-corrected chi connectivity index (χ1v) is 12.7. The molecular formula is C21H32N6O3S. The number of hydrogen-bond acceptors (Lipinski definition) is 8. The zero-order valence-electron chi connectivity index (χ0n) is 18.3. The predicted molar refractivity (Wildman–Crippen MR) is 123 cm³/mol. The third-order valence-electron chi connectivity index (χ3n) is 6.17. The van der Waals surface area contributed by atoms with Gasteiger partial charge in [0.2, 0.25) is 16.0 Å².